The lowest BCUT2D eigenvalue weighted by Gasteiger charge is -2.23. The molecule has 9 nitrogen and oxygen atoms in total. The molecule has 0 saturated heterocycles. The summed E-state index contributed by atoms with van der Waals surface area (Å²) >= 11 is 0. The molecule has 2 amide bonds. The summed E-state index contributed by atoms with van der Waals surface area (Å²) in [6.45, 7) is 3.04. The largest absolute Gasteiger partial charge is 0.484 e. The predicted octanol–water partition coefficient (Wildman–Crippen LogP) is 4.74. The van der Waals surface area contributed by atoms with Crippen LogP contribution in [0.25, 0.3) is 0 Å². The van der Waals surface area contributed by atoms with Crippen LogP contribution in [0.3, 0.4) is 0 Å². The lowest BCUT2D eigenvalue weighted by molar-refractivity contribution is -0.123. The zero-order valence-electron chi connectivity index (χ0n) is 23.6. The molecule has 0 aliphatic rings. The Kier molecular flexibility index (Phi) is 10.2. The van der Waals surface area contributed by atoms with E-state index in [2.05, 4.69) is 15.8 Å². The van der Waals surface area contributed by atoms with Gasteiger partial charge < -0.3 is 10.1 Å². The van der Waals surface area contributed by atoms with Crippen LogP contribution in [0.1, 0.15) is 29.7 Å². The van der Waals surface area contributed by atoms with E-state index in [0.717, 1.165) is 39.7 Å². The number of amides is 2. The molecule has 222 valence electrons. The van der Waals surface area contributed by atoms with Crippen molar-refractivity contribution < 1.29 is 27.1 Å². The molecule has 0 spiro atoms. The normalized spacial score (nSPS) is 12.0. The monoisotopic (exact) mass is 602 g/mol. The average Bonchev–Trinajstić information content (AvgIpc) is 3.00. The second-order valence-electron chi connectivity index (χ2n) is 9.65. The third kappa shape index (κ3) is 8.73. The number of carbonyl (C=O) groups is 2. The molecular weight excluding hydrogens is 571 g/mol. The molecule has 0 unspecified atom stereocenters. The Labute approximate surface area is 250 Å². The number of carbonyl (C=O) groups excluding carboxylic acids is 2. The Morgan fingerprint density at radius 3 is 2.21 bits per heavy atom. The molecule has 0 heterocycles. The molecule has 2 N–H and O–H groups in total. The minimum atomic E-state index is -4.18. The molecule has 11 heteroatoms. The van der Waals surface area contributed by atoms with Gasteiger partial charge in [-0.3, -0.25) is 13.9 Å². The number of aryl methyl sites for hydroxylation is 1. The summed E-state index contributed by atoms with van der Waals surface area (Å²) in [5.74, 6) is -1.04. The van der Waals surface area contributed by atoms with Gasteiger partial charge in [-0.15, -0.1) is 0 Å². The number of hydrogen-bond acceptors (Lipinski definition) is 6. The van der Waals surface area contributed by atoms with Gasteiger partial charge in [0.25, 0.3) is 21.8 Å². The summed E-state index contributed by atoms with van der Waals surface area (Å²) in [5.41, 5.74) is 5.14. The Hall–Kier alpha value is -5.03. The van der Waals surface area contributed by atoms with Crippen LogP contribution < -0.4 is 19.8 Å². The smallest absolute Gasteiger partial charge is 0.264 e. The number of nitrogens with one attached hydrogen (secondary N) is 2. The van der Waals surface area contributed by atoms with Gasteiger partial charge in [0.2, 0.25) is 0 Å². The standard InChI is InChI=1S/C32H31FN4O5S/c1-23-8-14-28(15-9-23)37(43(40,41)30-18-12-27(33)13-19-30)21-31(38)36-34-20-25-10-16-29(17-11-25)42-22-32(39)35-24(2)26-6-4-3-5-7-26/h3-20,24H,21-22H2,1-2H3,(H,35,39)(H,36,38)/b34-20-/t24-/m1/s1. The average molecular weight is 603 g/mol. The Balaban J connectivity index is 1.33. The first-order valence-electron chi connectivity index (χ1n) is 13.4. The molecule has 43 heavy (non-hydrogen) atoms. The van der Waals surface area contributed by atoms with Crippen LogP contribution in [0.5, 0.6) is 5.75 Å². The van der Waals surface area contributed by atoms with Crippen molar-refractivity contribution in [1.82, 2.24) is 10.7 Å². The zero-order chi connectivity index (χ0) is 30.8. The minimum absolute atomic E-state index is 0.154. The van der Waals surface area contributed by atoms with Crippen molar-refractivity contribution in [2.45, 2.75) is 24.8 Å². The number of rotatable bonds is 12. The number of anilines is 1. The van der Waals surface area contributed by atoms with Gasteiger partial charge in [-0.2, -0.15) is 5.10 Å². The number of benzene rings is 4. The van der Waals surface area contributed by atoms with Gasteiger partial charge in [-0.1, -0.05) is 48.0 Å². The van der Waals surface area contributed by atoms with E-state index in [1.165, 1.54) is 6.21 Å². The predicted molar refractivity (Wildman–Crippen MR) is 163 cm³/mol. The highest BCUT2D eigenvalue weighted by atomic mass is 32.2. The molecule has 4 aromatic rings. The minimum Gasteiger partial charge on any atom is -0.484 e. The lowest BCUT2D eigenvalue weighted by atomic mass is 10.1. The maximum absolute atomic E-state index is 13.4. The van der Waals surface area contributed by atoms with Crippen molar-refractivity contribution >= 4 is 33.7 Å². The van der Waals surface area contributed by atoms with Gasteiger partial charge in [0.1, 0.15) is 18.1 Å². The summed E-state index contributed by atoms with van der Waals surface area (Å²) in [4.78, 5) is 24.8. The molecule has 1 atom stereocenters. The van der Waals surface area contributed by atoms with E-state index in [1.807, 2.05) is 44.2 Å². The summed E-state index contributed by atoms with van der Waals surface area (Å²) in [6.07, 6.45) is 1.39. The fourth-order valence-electron chi connectivity index (χ4n) is 4.01. The van der Waals surface area contributed by atoms with Crippen LogP contribution in [-0.4, -0.2) is 39.6 Å². The zero-order valence-corrected chi connectivity index (χ0v) is 24.4. The van der Waals surface area contributed by atoms with E-state index in [9.17, 15) is 22.4 Å². The van der Waals surface area contributed by atoms with Crippen molar-refractivity contribution in [2.75, 3.05) is 17.5 Å². The van der Waals surface area contributed by atoms with E-state index in [0.29, 0.717) is 11.3 Å². The van der Waals surface area contributed by atoms with Gasteiger partial charge >= 0.3 is 0 Å². The maximum Gasteiger partial charge on any atom is 0.264 e. The van der Waals surface area contributed by atoms with Crippen LogP contribution >= 0.6 is 0 Å². The number of ether oxygens (including phenoxy) is 1. The van der Waals surface area contributed by atoms with E-state index in [-0.39, 0.29) is 29.1 Å². The van der Waals surface area contributed by atoms with Gasteiger partial charge in [0.15, 0.2) is 6.61 Å². The van der Waals surface area contributed by atoms with Crippen LogP contribution in [0, 0.1) is 12.7 Å². The van der Waals surface area contributed by atoms with Gasteiger partial charge in [-0.05, 0) is 85.6 Å². The molecule has 4 rings (SSSR count). The highest BCUT2D eigenvalue weighted by molar-refractivity contribution is 7.92. The van der Waals surface area contributed by atoms with Crippen molar-refractivity contribution in [3.8, 4) is 5.75 Å². The maximum atomic E-state index is 13.4. The van der Waals surface area contributed by atoms with Gasteiger partial charge in [0.05, 0.1) is 22.8 Å². The summed E-state index contributed by atoms with van der Waals surface area (Å²) in [7, 11) is -4.18. The molecule has 0 aliphatic heterocycles. The van der Waals surface area contributed by atoms with Crippen LogP contribution in [0.4, 0.5) is 10.1 Å². The van der Waals surface area contributed by atoms with E-state index in [4.69, 9.17) is 4.74 Å². The van der Waals surface area contributed by atoms with Crippen LogP contribution in [-0.2, 0) is 19.6 Å². The molecular formula is C32H31FN4O5S. The van der Waals surface area contributed by atoms with Crippen LogP contribution in [0.2, 0.25) is 0 Å². The first kappa shape index (κ1) is 30.9. The Morgan fingerprint density at radius 1 is 0.907 bits per heavy atom. The van der Waals surface area contributed by atoms with Crippen molar-refractivity contribution in [1.29, 1.82) is 0 Å². The van der Waals surface area contributed by atoms with Crippen molar-refractivity contribution in [3.63, 3.8) is 0 Å². The van der Waals surface area contributed by atoms with E-state index < -0.39 is 28.3 Å². The summed E-state index contributed by atoms with van der Waals surface area (Å²) in [5, 5.41) is 6.82. The number of halogens is 1. The Morgan fingerprint density at radius 2 is 1.56 bits per heavy atom. The third-order valence-electron chi connectivity index (χ3n) is 6.34. The molecule has 0 bridgehead atoms. The molecule has 0 aliphatic carbocycles. The molecule has 0 fully saturated rings. The number of sulfonamides is 1. The van der Waals surface area contributed by atoms with E-state index in [1.54, 1.807) is 48.5 Å². The van der Waals surface area contributed by atoms with Crippen LogP contribution in [0.15, 0.2) is 113 Å². The lowest BCUT2D eigenvalue weighted by Crippen LogP contribution is -2.39. The number of hydrogen-bond donors (Lipinski definition) is 2. The molecule has 4 aromatic carbocycles. The SMILES string of the molecule is Cc1ccc(N(CC(=O)N/N=C\c2ccc(OCC(=O)N[C@H](C)c3ccccc3)cc2)S(=O)(=O)c2ccc(F)cc2)cc1. The fraction of sp³-hybridized carbons (Fsp3) is 0.156. The van der Waals surface area contributed by atoms with Crippen molar-refractivity contribution in [3.05, 3.63) is 126 Å². The summed E-state index contributed by atoms with van der Waals surface area (Å²) in [6, 6.07) is 27.1. The topological polar surface area (TPSA) is 117 Å². The van der Waals surface area contributed by atoms with Gasteiger partial charge in [0, 0.05) is 0 Å². The van der Waals surface area contributed by atoms with Crippen molar-refractivity contribution in [2.24, 2.45) is 5.10 Å². The third-order valence-corrected chi connectivity index (χ3v) is 8.13. The Bertz CT molecular complexity index is 1660. The second kappa shape index (κ2) is 14.2. The second-order valence-corrected chi connectivity index (χ2v) is 11.5. The fourth-order valence-corrected chi connectivity index (χ4v) is 5.43. The highest BCUT2D eigenvalue weighted by Crippen LogP contribution is 2.24. The molecule has 0 aromatic heterocycles. The quantitative estimate of drug-likeness (QED) is 0.180. The number of hydrazone groups is 1. The molecule has 0 radical (unpaired) electrons. The summed E-state index contributed by atoms with van der Waals surface area (Å²) < 4.78 is 46.6. The highest BCUT2D eigenvalue weighted by Gasteiger charge is 2.27. The first-order valence-corrected chi connectivity index (χ1v) is 14.8. The first-order chi connectivity index (χ1) is 20.6. The van der Waals surface area contributed by atoms with E-state index >= 15 is 0 Å². The number of nitrogens with zero attached hydrogens (tertiary/aromatic N) is 2. The molecule has 0 saturated carbocycles. The van der Waals surface area contributed by atoms with Gasteiger partial charge in [-0.25, -0.2) is 18.2 Å².